The Balaban J connectivity index is 1.31. The van der Waals surface area contributed by atoms with Crippen molar-refractivity contribution in [3.8, 4) is 0 Å². The molecule has 24 heavy (non-hydrogen) atoms. The van der Waals surface area contributed by atoms with Crippen molar-refractivity contribution in [2.24, 2.45) is 5.92 Å². The van der Waals surface area contributed by atoms with E-state index in [9.17, 15) is 14.4 Å². The molecule has 0 atom stereocenters. The third kappa shape index (κ3) is 3.98. The van der Waals surface area contributed by atoms with Gasteiger partial charge in [-0.25, -0.2) is 4.79 Å². The molecule has 0 aromatic carbocycles. The smallest absolute Gasteiger partial charge is 0.317 e. The zero-order chi connectivity index (χ0) is 17.3. The lowest BCUT2D eigenvalue weighted by atomic mass is 9.85. The van der Waals surface area contributed by atoms with Gasteiger partial charge in [-0.1, -0.05) is 6.92 Å². The SMILES string of the molecule is CCN(CC(=O)O)C1CC(NC(=O)N2CC(NC(=O)C3CC3)C2)C1. The van der Waals surface area contributed by atoms with Gasteiger partial charge in [0.25, 0.3) is 0 Å². The summed E-state index contributed by atoms with van der Waals surface area (Å²) in [6.07, 6.45) is 3.57. The van der Waals surface area contributed by atoms with Crippen molar-refractivity contribution in [3.05, 3.63) is 0 Å². The molecule has 3 fully saturated rings. The Bertz CT molecular complexity index is 510. The fourth-order valence-corrected chi connectivity index (χ4v) is 3.34. The highest BCUT2D eigenvalue weighted by Gasteiger charge is 2.39. The van der Waals surface area contributed by atoms with Gasteiger partial charge in [0.2, 0.25) is 5.91 Å². The Morgan fingerprint density at radius 3 is 2.33 bits per heavy atom. The number of carbonyl (C=O) groups excluding carboxylic acids is 2. The molecule has 3 aliphatic rings. The summed E-state index contributed by atoms with van der Waals surface area (Å²) in [6.45, 7) is 3.84. The molecule has 0 aromatic heterocycles. The number of carboxylic acid groups (broad SMARTS) is 1. The predicted molar refractivity (Wildman–Crippen MR) is 86.5 cm³/mol. The quantitative estimate of drug-likeness (QED) is 0.599. The monoisotopic (exact) mass is 338 g/mol. The second-order valence-corrected chi connectivity index (χ2v) is 7.11. The van der Waals surface area contributed by atoms with Gasteiger partial charge in [0.05, 0.1) is 12.6 Å². The fourth-order valence-electron chi connectivity index (χ4n) is 3.34. The van der Waals surface area contributed by atoms with Gasteiger partial charge in [0, 0.05) is 31.1 Å². The number of urea groups is 1. The molecule has 1 aliphatic heterocycles. The number of rotatable bonds is 7. The number of hydrogen-bond donors (Lipinski definition) is 3. The van der Waals surface area contributed by atoms with Gasteiger partial charge in [0.15, 0.2) is 0 Å². The number of hydrogen-bond acceptors (Lipinski definition) is 4. The molecule has 1 saturated heterocycles. The largest absolute Gasteiger partial charge is 0.480 e. The standard InChI is InChI=1S/C16H26N4O4/c1-2-19(9-14(21)22)13-5-11(6-13)18-16(24)20-7-12(8-20)17-15(23)10-3-4-10/h10-13H,2-9H2,1H3,(H,17,23)(H,18,24)(H,21,22). The molecular weight excluding hydrogens is 312 g/mol. The number of likely N-dealkylation sites (N-methyl/N-ethyl adjacent to an activating group) is 1. The molecule has 2 saturated carbocycles. The molecule has 134 valence electrons. The number of carboxylic acids is 1. The van der Waals surface area contributed by atoms with E-state index in [0.717, 1.165) is 25.7 Å². The molecule has 8 heteroatoms. The van der Waals surface area contributed by atoms with Crippen LogP contribution in [0.15, 0.2) is 0 Å². The molecule has 0 unspecified atom stereocenters. The van der Waals surface area contributed by atoms with Gasteiger partial charge >= 0.3 is 12.0 Å². The van der Waals surface area contributed by atoms with Gasteiger partial charge in [-0.15, -0.1) is 0 Å². The lowest BCUT2D eigenvalue weighted by Gasteiger charge is -2.45. The molecule has 3 N–H and O–H groups in total. The molecule has 0 bridgehead atoms. The van der Waals surface area contributed by atoms with E-state index in [-0.39, 0.29) is 42.5 Å². The van der Waals surface area contributed by atoms with Crippen LogP contribution in [-0.4, -0.2) is 77.1 Å². The van der Waals surface area contributed by atoms with E-state index in [2.05, 4.69) is 10.6 Å². The predicted octanol–water partition coefficient (Wildman–Crippen LogP) is -0.156. The maximum atomic E-state index is 12.1. The van der Waals surface area contributed by atoms with Crippen LogP contribution in [0.5, 0.6) is 0 Å². The van der Waals surface area contributed by atoms with E-state index in [1.54, 1.807) is 4.90 Å². The minimum atomic E-state index is -0.816. The van der Waals surface area contributed by atoms with E-state index in [1.807, 2.05) is 11.8 Å². The first-order valence-electron chi connectivity index (χ1n) is 8.78. The summed E-state index contributed by atoms with van der Waals surface area (Å²) in [5, 5.41) is 14.8. The minimum absolute atomic E-state index is 0.0519. The topological polar surface area (TPSA) is 102 Å². The van der Waals surface area contributed by atoms with Crippen LogP contribution in [0.2, 0.25) is 0 Å². The maximum Gasteiger partial charge on any atom is 0.317 e. The number of likely N-dealkylation sites (tertiary alicyclic amines) is 1. The Morgan fingerprint density at radius 1 is 1.12 bits per heavy atom. The number of nitrogens with zero attached hydrogens (tertiary/aromatic N) is 2. The van der Waals surface area contributed by atoms with E-state index in [0.29, 0.717) is 19.6 Å². The Morgan fingerprint density at radius 2 is 1.79 bits per heavy atom. The molecule has 0 radical (unpaired) electrons. The Labute approximate surface area is 141 Å². The highest BCUT2D eigenvalue weighted by Crippen LogP contribution is 2.29. The summed E-state index contributed by atoms with van der Waals surface area (Å²) in [6, 6.07) is 0.351. The fraction of sp³-hybridized carbons (Fsp3) is 0.812. The molecule has 2 aliphatic carbocycles. The van der Waals surface area contributed by atoms with Crippen LogP contribution in [-0.2, 0) is 9.59 Å². The van der Waals surface area contributed by atoms with Gasteiger partial charge in [-0.2, -0.15) is 0 Å². The average molecular weight is 338 g/mol. The first-order valence-corrected chi connectivity index (χ1v) is 8.78. The van der Waals surface area contributed by atoms with Crippen molar-refractivity contribution in [2.75, 3.05) is 26.2 Å². The van der Waals surface area contributed by atoms with E-state index < -0.39 is 5.97 Å². The normalized spacial score (nSPS) is 26.5. The van der Waals surface area contributed by atoms with Gasteiger partial charge in [-0.3, -0.25) is 14.5 Å². The van der Waals surface area contributed by atoms with Crippen LogP contribution in [0.25, 0.3) is 0 Å². The summed E-state index contributed by atoms with van der Waals surface area (Å²) < 4.78 is 0. The highest BCUT2D eigenvalue weighted by molar-refractivity contribution is 5.82. The second kappa shape index (κ2) is 6.96. The first kappa shape index (κ1) is 17.0. The number of amides is 3. The summed E-state index contributed by atoms with van der Waals surface area (Å²) in [5.74, 6) is -0.490. The van der Waals surface area contributed by atoms with Crippen LogP contribution in [0, 0.1) is 5.92 Å². The summed E-state index contributed by atoms with van der Waals surface area (Å²) in [7, 11) is 0. The van der Waals surface area contributed by atoms with Crippen LogP contribution in [0.4, 0.5) is 4.79 Å². The summed E-state index contributed by atoms with van der Waals surface area (Å²) in [5.41, 5.74) is 0. The van der Waals surface area contributed by atoms with Crippen LogP contribution < -0.4 is 10.6 Å². The van der Waals surface area contributed by atoms with Gasteiger partial charge in [-0.05, 0) is 32.2 Å². The van der Waals surface area contributed by atoms with Crippen LogP contribution in [0.1, 0.15) is 32.6 Å². The van der Waals surface area contributed by atoms with E-state index in [4.69, 9.17) is 5.11 Å². The zero-order valence-corrected chi connectivity index (χ0v) is 14.0. The summed E-state index contributed by atoms with van der Waals surface area (Å²) >= 11 is 0. The van der Waals surface area contributed by atoms with Crippen LogP contribution in [0.3, 0.4) is 0 Å². The molecule has 3 amide bonds. The highest BCUT2D eigenvalue weighted by atomic mass is 16.4. The molecule has 8 nitrogen and oxygen atoms in total. The molecule has 0 aromatic rings. The molecular formula is C16H26N4O4. The van der Waals surface area contributed by atoms with E-state index >= 15 is 0 Å². The lowest BCUT2D eigenvalue weighted by molar-refractivity contribution is -0.139. The van der Waals surface area contributed by atoms with E-state index in [1.165, 1.54) is 0 Å². The average Bonchev–Trinajstić information content (AvgIpc) is 3.27. The third-order valence-electron chi connectivity index (χ3n) is 5.17. The van der Waals surface area contributed by atoms with Crippen molar-refractivity contribution in [1.82, 2.24) is 20.4 Å². The third-order valence-corrected chi connectivity index (χ3v) is 5.17. The van der Waals surface area contributed by atoms with Crippen molar-refractivity contribution in [2.45, 2.75) is 50.7 Å². The van der Waals surface area contributed by atoms with Crippen LogP contribution >= 0.6 is 0 Å². The molecule has 1 heterocycles. The van der Waals surface area contributed by atoms with Gasteiger partial charge in [0.1, 0.15) is 0 Å². The van der Waals surface area contributed by atoms with Gasteiger partial charge < -0.3 is 20.6 Å². The number of carbonyl (C=O) groups is 3. The lowest BCUT2D eigenvalue weighted by Crippen LogP contribution is -2.65. The Kier molecular flexibility index (Phi) is 4.93. The molecule has 0 spiro atoms. The molecule has 3 rings (SSSR count). The second-order valence-electron chi connectivity index (χ2n) is 7.11. The number of aliphatic carboxylic acids is 1. The minimum Gasteiger partial charge on any atom is -0.480 e. The van der Waals surface area contributed by atoms with Crippen molar-refractivity contribution < 1.29 is 19.5 Å². The van der Waals surface area contributed by atoms with Crippen molar-refractivity contribution in [3.63, 3.8) is 0 Å². The van der Waals surface area contributed by atoms with Crippen molar-refractivity contribution >= 4 is 17.9 Å². The maximum absolute atomic E-state index is 12.1. The Hall–Kier alpha value is -1.83. The zero-order valence-electron chi connectivity index (χ0n) is 14.0. The summed E-state index contributed by atoms with van der Waals surface area (Å²) in [4.78, 5) is 38.2. The first-order chi connectivity index (χ1) is 11.5. The number of nitrogens with one attached hydrogen (secondary N) is 2. The van der Waals surface area contributed by atoms with Crippen molar-refractivity contribution in [1.29, 1.82) is 0 Å².